The minimum absolute atomic E-state index is 0.642. The molecule has 3 heterocycles. The lowest BCUT2D eigenvalue weighted by atomic mass is 10.1. The standard InChI is InChI=1S/C10H11N3S/c1-2-8(12-3-1)9-6-14-10(13-9)7-4-11-5-7/h1-3,6-7,11-12H,4-5H2. The molecule has 0 spiro atoms. The maximum Gasteiger partial charge on any atom is 0.0989 e. The van der Waals surface area contributed by atoms with Crippen LogP contribution in [-0.4, -0.2) is 23.1 Å². The fourth-order valence-corrected chi connectivity index (χ4v) is 2.47. The fourth-order valence-electron chi connectivity index (χ4n) is 1.55. The highest BCUT2D eigenvalue weighted by atomic mass is 32.1. The van der Waals surface area contributed by atoms with Gasteiger partial charge in [0.05, 0.1) is 16.4 Å². The molecule has 1 aliphatic heterocycles. The van der Waals surface area contributed by atoms with E-state index < -0.39 is 0 Å². The number of H-pyrrole nitrogens is 1. The van der Waals surface area contributed by atoms with E-state index in [1.807, 2.05) is 12.3 Å². The Balaban J connectivity index is 1.90. The molecule has 0 bridgehead atoms. The summed E-state index contributed by atoms with van der Waals surface area (Å²) in [5.41, 5.74) is 2.18. The van der Waals surface area contributed by atoms with Gasteiger partial charge >= 0.3 is 0 Å². The summed E-state index contributed by atoms with van der Waals surface area (Å²) < 4.78 is 0. The first-order valence-electron chi connectivity index (χ1n) is 4.73. The molecule has 3 nitrogen and oxygen atoms in total. The van der Waals surface area contributed by atoms with E-state index in [1.54, 1.807) is 11.3 Å². The largest absolute Gasteiger partial charge is 0.360 e. The number of thiazole rings is 1. The Hall–Kier alpha value is -1.13. The zero-order chi connectivity index (χ0) is 9.38. The smallest absolute Gasteiger partial charge is 0.0989 e. The molecule has 0 amide bonds. The zero-order valence-corrected chi connectivity index (χ0v) is 8.47. The molecule has 1 aliphatic rings. The summed E-state index contributed by atoms with van der Waals surface area (Å²) in [7, 11) is 0. The monoisotopic (exact) mass is 205 g/mol. The van der Waals surface area contributed by atoms with E-state index in [-0.39, 0.29) is 0 Å². The second kappa shape index (κ2) is 3.22. The van der Waals surface area contributed by atoms with E-state index in [0.717, 1.165) is 24.5 Å². The molecule has 2 N–H and O–H groups in total. The molecular weight excluding hydrogens is 194 g/mol. The summed E-state index contributed by atoms with van der Waals surface area (Å²) in [5, 5.41) is 6.64. The highest BCUT2D eigenvalue weighted by Crippen LogP contribution is 2.27. The highest BCUT2D eigenvalue weighted by molar-refractivity contribution is 7.10. The van der Waals surface area contributed by atoms with Gasteiger partial charge in [0.2, 0.25) is 0 Å². The van der Waals surface area contributed by atoms with Gasteiger partial charge in [0.1, 0.15) is 0 Å². The van der Waals surface area contributed by atoms with Gasteiger partial charge < -0.3 is 10.3 Å². The van der Waals surface area contributed by atoms with Gasteiger partial charge in [-0.1, -0.05) is 0 Å². The van der Waals surface area contributed by atoms with Crippen LogP contribution in [0.2, 0.25) is 0 Å². The summed E-state index contributed by atoms with van der Waals surface area (Å²) in [6, 6.07) is 4.05. The van der Waals surface area contributed by atoms with Crippen molar-refractivity contribution in [2.45, 2.75) is 5.92 Å². The molecule has 0 atom stereocenters. The van der Waals surface area contributed by atoms with Gasteiger partial charge in [-0.2, -0.15) is 0 Å². The summed E-state index contributed by atoms with van der Waals surface area (Å²) in [6.45, 7) is 2.16. The third-order valence-electron chi connectivity index (χ3n) is 2.53. The number of aromatic nitrogens is 2. The van der Waals surface area contributed by atoms with Crippen LogP contribution in [0.25, 0.3) is 11.4 Å². The van der Waals surface area contributed by atoms with Gasteiger partial charge in [-0.15, -0.1) is 11.3 Å². The Labute approximate surface area is 86.2 Å². The summed E-state index contributed by atoms with van der Waals surface area (Å²) in [5.74, 6) is 0.642. The first-order valence-corrected chi connectivity index (χ1v) is 5.61. The normalized spacial score (nSPS) is 16.9. The number of aromatic amines is 1. The van der Waals surface area contributed by atoms with Crippen molar-refractivity contribution >= 4 is 11.3 Å². The van der Waals surface area contributed by atoms with Crippen LogP contribution in [0.5, 0.6) is 0 Å². The van der Waals surface area contributed by atoms with Gasteiger partial charge in [-0.05, 0) is 12.1 Å². The van der Waals surface area contributed by atoms with Crippen LogP contribution in [-0.2, 0) is 0 Å². The Bertz CT molecular complexity index is 414. The molecule has 0 saturated carbocycles. The predicted molar refractivity (Wildman–Crippen MR) is 57.5 cm³/mol. The number of hydrogen-bond acceptors (Lipinski definition) is 3. The van der Waals surface area contributed by atoms with Gasteiger partial charge in [0.25, 0.3) is 0 Å². The van der Waals surface area contributed by atoms with Crippen molar-refractivity contribution in [3.63, 3.8) is 0 Å². The lowest BCUT2D eigenvalue weighted by Crippen LogP contribution is -2.39. The molecule has 3 rings (SSSR count). The molecule has 0 aliphatic carbocycles. The van der Waals surface area contributed by atoms with Crippen LogP contribution >= 0.6 is 11.3 Å². The third-order valence-corrected chi connectivity index (χ3v) is 3.53. The molecule has 0 aromatic carbocycles. The van der Waals surface area contributed by atoms with Crippen molar-refractivity contribution in [3.8, 4) is 11.4 Å². The topological polar surface area (TPSA) is 40.7 Å². The number of nitrogens with zero attached hydrogens (tertiary/aromatic N) is 1. The van der Waals surface area contributed by atoms with Crippen LogP contribution in [0.3, 0.4) is 0 Å². The van der Waals surface area contributed by atoms with Crippen LogP contribution < -0.4 is 5.32 Å². The molecule has 0 radical (unpaired) electrons. The van der Waals surface area contributed by atoms with Crippen molar-refractivity contribution < 1.29 is 0 Å². The second-order valence-corrected chi connectivity index (χ2v) is 4.40. The first-order chi connectivity index (χ1) is 6.93. The van der Waals surface area contributed by atoms with Crippen LogP contribution in [0, 0.1) is 0 Å². The SMILES string of the molecule is c1c[nH]c(-c2csc(C3CNC3)n2)c1. The quantitative estimate of drug-likeness (QED) is 0.785. The molecular formula is C10H11N3S. The van der Waals surface area contributed by atoms with Crippen molar-refractivity contribution in [1.82, 2.24) is 15.3 Å². The van der Waals surface area contributed by atoms with E-state index >= 15 is 0 Å². The Morgan fingerprint density at radius 3 is 3.00 bits per heavy atom. The van der Waals surface area contributed by atoms with Gasteiger partial charge in [-0.3, -0.25) is 0 Å². The predicted octanol–water partition coefficient (Wildman–Crippen LogP) is 1.82. The van der Waals surface area contributed by atoms with Gasteiger partial charge in [-0.25, -0.2) is 4.98 Å². The first kappa shape index (κ1) is 8.20. The third kappa shape index (κ3) is 1.27. The van der Waals surface area contributed by atoms with E-state index in [4.69, 9.17) is 0 Å². The van der Waals surface area contributed by atoms with E-state index in [9.17, 15) is 0 Å². The number of nitrogens with one attached hydrogen (secondary N) is 2. The van der Waals surface area contributed by atoms with Gasteiger partial charge in [0.15, 0.2) is 0 Å². The maximum atomic E-state index is 4.62. The Morgan fingerprint density at radius 2 is 2.36 bits per heavy atom. The molecule has 1 fully saturated rings. The zero-order valence-electron chi connectivity index (χ0n) is 7.66. The summed E-state index contributed by atoms with van der Waals surface area (Å²) in [6.07, 6.45) is 1.93. The molecule has 0 unspecified atom stereocenters. The average molecular weight is 205 g/mol. The number of hydrogen-bond donors (Lipinski definition) is 2. The second-order valence-electron chi connectivity index (χ2n) is 3.51. The average Bonchev–Trinajstić information content (AvgIpc) is 2.65. The molecule has 1 saturated heterocycles. The van der Waals surface area contributed by atoms with Crippen molar-refractivity contribution in [2.24, 2.45) is 0 Å². The van der Waals surface area contributed by atoms with Gasteiger partial charge in [0, 0.05) is 30.6 Å². The van der Waals surface area contributed by atoms with Crippen molar-refractivity contribution in [3.05, 3.63) is 28.7 Å². The van der Waals surface area contributed by atoms with E-state index in [1.165, 1.54) is 5.01 Å². The molecule has 72 valence electrons. The van der Waals surface area contributed by atoms with E-state index in [2.05, 4.69) is 26.7 Å². The van der Waals surface area contributed by atoms with Crippen LogP contribution in [0.4, 0.5) is 0 Å². The van der Waals surface area contributed by atoms with Crippen LogP contribution in [0.1, 0.15) is 10.9 Å². The highest BCUT2D eigenvalue weighted by Gasteiger charge is 2.22. The maximum absolute atomic E-state index is 4.62. The minimum Gasteiger partial charge on any atom is -0.360 e. The molecule has 14 heavy (non-hydrogen) atoms. The summed E-state index contributed by atoms with van der Waals surface area (Å²) >= 11 is 1.76. The molecule has 4 heteroatoms. The lowest BCUT2D eigenvalue weighted by Gasteiger charge is -2.24. The fraction of sp³-hybridized carbons (Fsp3) is 0.300. The Morgan fingerprint density at radius 1 is 1.43 bits per heavy atom. The minimum atomic E-state index is 0.642. The van der Waals surface area contributed by atoms with Crippen molar-refractivity contribution in [1.29, 1.82) is 0 Å². The molecule has 2 aromatic rings. The van der Waals surface area contributed by atoms with Crippen molar-refractivity contribution in [2.75, 3.05) is 13.1 Å². The van der Waals surface area contributed by atoms with Crippen LogP contribution in [0.15, 0.2) is 23.7 Å². The lowest BCUT2D eigenvalue weighted by molar-refractivity contribution is 0.447. The summed E-state index contributed by atoms with van der Waals surface area (Å²) in [4.78, 5) is 7.79. The van der Waals surface area contributed by atoms with E-state index in [0.29, 0.717) is 5.92 Å². The number of rotatable bonds is 2. The molecule has 2 aromatic heterocycles. The Kier molecular flexibility index (Phi) is 1.89.